The maximum atomic E-state index is 12.3. The van der Waals surface area contributed by atoms with Gasteiger partial charge in [-0.2, -0.15) is 0 Å². The number of hydrogen-bond acceptors (Lipinski definition) is 4. The summed E-state index contributed by atoms with van der Waals surface area (Å²) >= 11 is 0. The summed E-state index contributed by atoms with van der Waals surface area (Å²) in [4.78, 5) is 2.74. The topological polar surface area (TPSA) is 61.4 Å². The molecule has 0 aliphatic carbocycles. The number of hydrogen-bond donors (Lipinski definition) is 2. The molecule has 1 aromatic rings. The molecule has 1 fully saturated rings. The van der Waals surface area contributed by atoms with Crippen LogP contribution in [0.15, 0.2) is 35.2 Å². The molecule has 2 rings (SSSR count). The SMILES string of the molecule is CC(C)NCCN1CCC(NS(=O)(=O)c2ccccc2)CC1. The van der Waals surface area contributed by atoms with Gasteiger partial charge in [-0.05, 0) is 38.1 Å². The number of likely N-dealkylation sites (tertiary alicyclic amines) is 1. The zero-order valence-corrected chi connectivity index (χ0v) is 14.3. The normalized spacial score (nSPS) is 18.0. The molecule has 22 heavy (non-hydrogen) atoms. The Hall–Kier alpha value is -0.950. The first-order valence-electron chi connectivity index (χ1n) is 8.00. The minimum atomic E-state index is -3.39. The third-order valence-corrected chi connectivity index (χ3v) is 5.48. The standard InChI is InChI=1S/C16H27N3O2S/c1-14(2)17-10-13-19-11-8-15(9-12-19)18-22(20,21)16-6-4-3-5-7-16/h3-7,14-15,17-18H,8-13H2,1-2H3. The van der Waals surface area contributed by atoms with Crippen molar-refractivity contribution in [2.45, 2.75) is 43.7 Å². The summed E-state index contributed by atoms with van der Waals surface area (Å²) in [6.45, 7) is 8.19. The Balaban J connectivity index is 1.78. The molecule has 1 heterocycles. The van der Waals surface area contributed by atoms with Gasteiger partial charge in [-0.25, -0.2) is 13.1 Å². The summed E-state index contributed by atoms with van der Waals surface area (Å²) in [7, 11) is -3.39. The average Bonchev–Trinajstić information content (AvgIpc) is 2.49. The van der Waals surface area contributed by atoms with Crippen LogP contribution in [0.4, 0.5) is 0 Å². The third-order valence-electron chi connectivity index (χ3n) is 3.94. The highest BCUT2D eigenvalue weighted by Gasteiger charge is 2.24. The minimum absolute atomic E-state index is 0.0412. The van der Waals surface area contributed by atoms with Crippen molar-refractivity contribution in [2.24, 2.45) is 0 Å². The quantitative estimate of drug-likeness (QED) is 0.796. The van der Waals surface area contributed by atoms with Crippen molar-refractivity contribution in [3.05, 3.63) is 30.3 Å². The van der Waals surface area contributed by atoms with Crippen LogP contribution < -0.4 is 10.0 Å². The molecule has 0 spiro atoms. The first kappa shape index (κ1) is 17.4. The summed E-state index contributed by atoms with van der Waals surface area (Å²) in [5.41, 5.74) is 0. The molecular weight excluding hydrogens is 298 g/mol. The van der Waals surface area contributed by atoms with E-state index in [1.54, 1.807) is 24.3 Å². The van der Waals surface area contributed by atoms with Gasteiger partial charge in [-0.1, -0.05) is 32.0 Å². The molecule has 1 aromatic carbocycles. The Kier molecular flexibility index (Phi) is 6.37. The highest BCUT2D eigenvalue weighted by Crippen LogP contribution is 2.14. The largest absolute Gasteiger partial charge is 0.313 e. The molecule has 0 atom stereocenters. The number of benzene rings is 1. The van der Waals surface area contributed by atoms with E-state index in [0.29, 0.717) is 10.9 Å². The molecule has 0 radical (unpaired) electrons. The molecule has 5 nitrogen and oxygen atoms in total. The van der Waals surface area contributed by atoms with E-state index >= 15 is 0 Å². The second-order valence-corrected chi connectivity index (χ2v) is 7.87. The van der Waals surface area contributed by atoms with Gasteiger partial charge in [0.1, 0.15) is 0 Å². The van der Waals surface area contributed by atoms with Crippen molar-refractivity contribution in [3.63, 3.8) is 0 Å². The predicted molar refractivity (Wildman–Crippen MR) is 89.4 cm³/mol. The summed E-state index contributed by atoms with van der Waals surface area (Å²) in [6.07, 6.45) is 1.74. The van der Waals surface area contributed by atoms with Crippen molar-refractivity contribution in [3.8, 4) is 0 Å². The smallest absolute Gasteiger partial charge is 0.240 e. The molecule has 0 saturated carbocycles. The van der Waals surface area contributed by atoms with Gasteiger partial charge in [0.05, 0.1) is 4.90 Å². The predicted octanol–water partition coefficient (Wildman–Crippen LogP) is 1.43. The fourth-order valence-corrected chi connectivity index (χ4v) is 4.00. The lowest BCUT2D eigenvalue weighted by molar-refractivity contribution is 0.206. The number of nitrogens with zero attached hydrogens (tertiary/aromatic N) is 1. The minimum Gasteiger partial charge on any atom is -0.313 e. The van der Waals surface area contributed by atoms with Crippen LogP contribution >= 0.6 is 0 Å². The Morgan fingerprint density at radius 2 is 1.82 bits per heavy atom. The van der Waals surface area contributed by atoms with E-state index in [2.05, 4.69) is 28.8 Å². The summed E-state index contributed by atoms with van der Waals surface area (Å²) in [5, 5.41) is 3.41. The molecule has 6 heteroatoms. The second kappa shape index (κ2) is 8.06. The van der Waals surface area contributed by atoms with E-state index < -0.39 is 10.0 Å². The van der Waals surface area contributed by atoms with Gasteiger partial charge in [-0.15, -0.1) is 0 Å². The molecule has 1 aliphatic heterocycles. The molecule has 2 N–H and O–H groups in total. The van der Waals surface area contributed by atoms with Crippen molar-refractivity contribution >= 4 is 10.0 Å². The van der Waals surface area contributed by atoms with E-state index in [9.17, 15) is 8.42 Å². The van der Waals surface area contributed by atoms with Crippen LogP contribution in [0, 0.1) is 0 Å². The first-order chi connectivity index (χ1) is 10.5. The van der Waals surface area contributed by atoms with Gasteiger partial charge in [0.2, 0.25) is 10.0 Å². The molecule has 0 amide bonds. The number of rotatable bonds is 7. The fourth-order valence-electron chi connectivity index (χ4n) is 2.67. The Labute approximate surface area is 134 Å². The van der Waals surface area contributed by atoms with Crippen molar-refractivity contribution in [2.75, 3.05) is 26.2 Å². The summed E-state index contributed by atoms with van der Waals surface area (Å²) < 4.78 is 27.4. The lowest BCUT2D eigenvalue weighted by atomic mass is 10.1. The van der Waals surface area contributed by atoms with Gasteiger partial charge in [0.15, 0.2) is 0 Å². The third kappa shape index (κ3) is 5.35. The highest BCUT2D eigenvalue weighted by atomic mass is 32.2. The molecule has 1 aliphatic rings. The van der Waals surface area contributed by atoms with Crippen LogP contribution in [0.25, 0.3) is 0 Å². The Morgan fingerprint density at radius 1 is 1.18 bits per heavy atom. The molecule has 0 bridgehead atoms. The van der Waals surface area contributed by atoms with Gasteiger partial charge < -0.3 is 10.2 Å². The first-order valence-corrected chi connectivity index (χ1v) is 9.49. The van der Waals surface area contributed by atoms with Gasteiger partial charge in [0, 0.05) is 25.2 Å². The second-order valence-electron chi connectivity index (χ2n) is 6.16. The monoisotopic (exact) mass is 325 g/mol. The molecule has 1 saturated heterocycles. The number of sulfonamides is 1. The van der Waals surface area contributed by atoms with E-state index in [1.165, 1.54) is 0 Å². The number of piperidine rings is 1. The molecule has 0 unspecified atom stereocenters. The maximum absolute atomic E-state index is 12.3. The fraction of sp³-hybridized carbons (Fsp3) is 0.625. The van der Waals surface area contributed by atoms with Crippen LogP contribution in [0.3, 0.4) is 0 Å². The molecule has 124 valence electrons. The van der Waals surface area contributed by atoms with Crippen LogP contribution in [-0.4, -0.2) is 51.6 Å². The zero-order chi connectivity index (χ0) is 16.0. The average molecular weight is 325 g/mol. The highest BCUT2D eigenvalue weighted by molar-refractivity contribution is 7.89. The van der Waals surface area contributed by atoms with Crippen LogP contribution in [-0.2, 0) is 10.0 Å². The van der Waals surface area contributed by atoms with Gasteiger partial charge in [-0.3, -0.25) is 0 Å². The maximum Gasteiger partial charge on any atom is 0.240 e. The van der Waals surface area contributed by atoms with Crippen molar-refractivity contribution in [1.29, 1.82) is 0 Å². The lowest BCUT2D eigenvalue weighted by Crippen LogP contribution is -2.46. The van der Waals surface area contributed by atoms with Crippen LogP contribution in [0.5, 0.6) is 0 Å². The zero-order valence-electron chi connectivity index (χ0n) is 13.5. The summed E-state index contributed by atoms with van der Waals surface area (Å²) in [5.74, 6) is 0. The van der Waals surface area contributed by atoms with Crippen molar-refractivity contribution < 1.29 is 8.42 Å². The van der Waals surface area contributed by atoms with Gasteiger partial charge >= 0.3 is 0 Å². The van der Waals surface area contributed by atoms with Crippen LogP contribution in [0.2, 0.25) is 0 Å². The van der Waals surface area contributed by atoms with Crippen LogP contribution in [0.1, 0.15) is 26.7 Å². The molecular formula is C16H27N3O2S. The van der Waals surface area contributed by atoms with E-state index in [1.807, 2.05) is 6.07 Å². The Morgan fingerprint density at radius 3 is 2.41 bits per heavy atom. The summed E-state index contributed by atoms with van der Waals surface area (Å²) in [6, 6.07) is 9.14. The Bertz CT molecular complexity index is 538. The van der Waals surface area contributed by atoms with E-state index in [0.717, 1.165) is 39.0 Å². The van der Waals surface area contributed by atoms with Gasteiger partial charge in [0.25, 0.3) is 0 Å². The van der Waals surface area contributed by atoms with Crippen molar-refractivity contribution in [1.82, 2.24) is 14.9 Å². The number of nitrogens with one attached hydrogen (secondary N) is 2. The molecule has 0 aromatic heterocycles. The van der Waals surface area contributed by atoms with E-state index in [-0.39, 0.29) is 6.04 Å². The lowest BCUT2D eigenvalue weighted by Gasteiger charge is -2.32. The van der Waals surface area contributed by atoms with E-state index in [4.69, 9.17) is 0 Å².